The number of amides is 1. The van der Waals surface area contributed by atoms with Gasteiger partial charge >= 0.3 is 0 Å². The zero-order chi connectivity index (χ0) is 11.5. The highest BCUT2D eigenvalue weighted by atomic mass is 16.5. The van der Waals surface area contributed by atoms with Crippen molar-refractivity contribution in [1.82, 2.24) is 10.2 Å². The van der Waals surface area contributed by atoms with E-state index >= 15 is 0 Å². The standard InChI is InChI=1S/C11H11N3O2/c1-3-10(15)12-11-8-5-4-7(16-2)6-9(8)13-14-11/h3-6H,1H2,2H3,(H2,12,13,14,15). The number of methoxy groups -OCH3 is 1. The van der Waals surface area contributed by atoms with E-state index in [4.69, 9.17) is 4.74 Å². The Hall–Kier alpha value is -2.30. The van der Waals surface area contributed by atoms with Gasteiger partial charge in [0.1, 0.15) is 5.75 Å². The number of nitrogens with zero attached hydrogens (tertiary/aromatic N) is 1. The lowest BCUT2D eigenvalue weighted by Crippen LogP contribution is -2.07. The van der Waals surface area contributed by atoms with Crippen LogP contribution in [0.3, 0.4) is 0 Å². The van der Waals surface area contributed by atoms with Crippen molar-refractivity contribution in [2.24, 2.45) is 0 Å². The van der Waals surface area contributed by atoms with E-state index in [-0.39, 0.29) is 5.91 Å². The van der Waals surface area contributed by atoms with Gasteiger partial charge in [0.25, 0.3) is 0 Å². The maximum Gasteiger partial charge on any atom is 0.248 e. The highest BCUT2D eigenvalue weighted by Crippen LogP contribution is 2.24. The fraction of sp³-hybridized carbons (Fsp3) is 0.0909. The van der Waals surface area contributed by atoms with Crippen molar-refractivity contribution >= 4 is 22.6 Å². The van der Waals surface area contributed by atoms with Crippen LogP contribution < -0.4 is 10.1 Å². The lowest BCUT2D eigenvalue weighted by Gasteiger charge is -1.99. The molecule has 2 aromatic rings. The third kappa shape index (κ3) is 1.75. The summed E-state index contributed by atoms with van der Waals surface area (Å²) >= 11 is 0. The van der Waals surface area contributed by atoms with Gasteiger partial charge in [-0.2, -0.15) is 5.10 Å². The topological polar surface area (TPSA) is 67.0 Å². The molecular weight excluding hydrogens is 206 g/mol. The highest BCUT2D eigenvalue weighted by molar-refractivity contribution is 6.04. The number of ether oxygens (including phenoxy) is 1. The van der Waals surface area contributed by atoms with Crippen LogP contribution in [0.5, 0.6) is 5.75 Å². The quantitative estimate of drug-likeness (QED) is 0.769. The largest absolute Gasteiger partial charge is 0.497 e. The molecule has 0 atom stereocenters. The van der Waals surface area contributed by atoms with Crippen LogP contribution in [0.4, 0.5) is 5.82 Å². The smallest absolute Gasteiger partial charge is 0.248 e. The van der Waals surface area contributed by atoms with Crippen molar-refractivity contribution in [2.45, 2.75) is 0 Å². The van der Waals surface area contributed by atoms with Crippen molar-refractivity contribution in [2.75, 3.05) is 12.4 Å². The van der Waals surface area contributed by atoms with E-state index in [0.717, 1.165) is 16.7 Å². The number of aromatic amines is 1. The Bertz CT molecular complexity index is 545. The van der Waals surface area contributed by atoms with Gasteiger partial charge in [-0.05, 0) is 18.2 Å². The van der Waals surface area contributed by atoms with E-state index in [0.29, 0.717) is 5.82 Å². The van der Waals surface area contributed by atoms with Gasteiger partial charge in [0.15, 0.2) is 5.82 Å². The monoisotopic (exact) mass is 217 g/mol. The Kier molecular flexibility index (Phi) is 2.59. The molecule has 0 aliphatic rings. The molecule has 1 aromatic carbocycles. The predicted molar refractivity (Wildman–Crippen MR) is 61.5 cm³/mol. The van der Waals surface area contributed by atoms with Crippen molar-refractivity contribution < 1.29 is 9.53 Å². The summed E-state index contributed by atoms with van der Waals surface area (Å²) < 4.78 is 5.08. The molecular formula is C11H11N3O2. The summed E-state index contributed by atoms with van der Waals surface area (Å²) in [4.78, 5) is 11.1. The lowest BCUT2D eigenvalue weighted by molar-refractivity contribution is -0.111. The molecule has 0 spiro atoms. The summed E-state index contributed by atoms with van der Waals surface area (Å²) in [7, 11) is 1.60. The maximum absolute atomic E-state index is 11.1. The van der Waals surface area contributed by atoms with Gasteiger partial charge in [-0.15, -0.1) is 0 Å². The summed E-state index contributed by atoms with van der Waals surface area (Å²) in [6, 6.07) is 5.45. The van der Waals surface area contributed by atoms with Gasteiger partial charge in [-0.3, -0.25) is 9.89 Å². The second kappa shape index (κ2) is 4.06. The van der Waals surface area contributed by atoms with E-state index in [1.54, 1.807) is 13.2 Å². The molecule has 1 heterocycles. The minimum Gasteiger partial charge on any atom is -0.497 e. The third-order valence-electron chi connectivity index (χ3n) is 2.20. The first-order valence-corrected chi connectivity index (χ1v) is 4.70. The molecule has 0 aliphatic carbocycles. The molecule has 16 heavy (non-hydrogen) atoms. The summed E-state index contributed by atoms with van der Waals surface area (Å²) in [6.07, 6.45) is 1.20. The second-order valence-electron chi connectivity index (χ2n) is 3.18. The van der Waals surface area contributed by atoms with Gasteiger partial charge < -0.3 is 10.1 Å². The molecule has 0 unspecified atom stereocenters. The van der Waals surface area contributed by atoms with E-state index in [1.165, 1.54) is 6.08 Å². The lowest BCUT2D eigenvalue weighted by atomic mass is 10.2. The molecule has 0 saturated heterocycles. The van der Waals surface area contributed by atoms with Crippen LogP contribution >= 0.6 is 0 Å². The summed E-state index contributed by atoms with van der Waals surface area (Å²) in [5.74, 6) is 0.935. The molecule has 2 rings (SSSR count). The Balaban J connectivity index is 2.41. The SMILES string of the molecule is C=CC(=O)Nc1n[nH]c2cc(OC)ccc12. The van der Waals surface area contributed by atoms with Crippen molar-refractivity contribution in [3.8, 4) is 5.75 Å². The number of nitrogens with one attached hydrogen (secondary N) is 2. The summed E-state index contributed by atoms with van der Waals surface area (Å²) in [6.45, 7) is 3.38. The van der Waals surface area contributed by atoms with Gasteiger partial charge in [-0.25, -0.2) is 0 Å². The van der Waals surface area contributed by atoms with Crippen molar-refractivity contribution in [1.29, 1.82) is 0 Å². The van der Waals surface area contributed by atoms with Gasteiger partial charge in [0, 0.05) is 11.5 Å². The summed E-state index contributed by atoms with van der Waals surface area (Å²) in [5.41, 5.74) is 0.804. The molecule has 5 heteroatoms. The fourth-order valence-corrected chi connectivity index (χ4v) is 1.39. The average molecular weight is 217 g/mol. The Labute approximate surface area is 92.1 Å². The van der Waals surface area contributed by atoms with Crippen LogP contribution in [0.2, 0.25) is 0 Å². The predicted octanol–water partition coefficient (Wildman–Crippen LogP) is 1.70. The van der Waals surface area contributed by atoms with E-state index in [2.05, 4.69) is 22.1 Å². The molecule has 0 aliphatic heterocycles. The molecule has 2 N–H and O–H groups in total. The first-order chi connectivity index (χ1) is 7.74. The zero-order valence-corrected chi connectivity index (χ0v) is 8.78. The molecule has 1 amide bonds. The van der Waals surface area contributed by atoms with Crippen LogP contribution in [0.15, 0.2) is 30.9 Å². The van der Waals surface area contributed by atoms with Gasteiger partial charge in [0.2, 0.25) is 5.91 Å². The van der Waals surface area contributed by atoms with E-state index in [9.17, 15) is 4.79 Å². The minimum absolute atomic E-state index is 0.288. The molecule has 82 valence electrons. The number of anilines is 1. The molecule has 0 radical (unpaired) electrons. The number of carbonyl (C=O) groups is 1. The van der Waals surface area contributed by atoms with Crippen LogP contribution in [0.1, 0.15) is 0 Å². The number of fused-ring (bicyclic) bond motifs is 1. The first kappa shape index (κ1) is 10.2. The zero-order valence-electron chi connectivity index (χ0n) is 8.78. The normalized spacial score (nSPS) is 10.1. The first-order valence-electron chi connectivity index (χ1n) is 4.70. The number of rotatable bonds is 3. The number of hydrogen-bond acceptors (Lipinski definition) is 3. The maximum atomic E-state index is 11.1. The molecule has 0 bridgehead atoms. The van der Waals surface area contributed by atoms with Crippen molar-refractivity contribution in [3.63, 3.8) is 0 Å². The van der Waals surface area contributed by atoms with Gasteiger partial charge in [-0.1, -0.05) is 6.58 Å². The van der Waals surface area contributed by atoms with Crippen molar-refractivity contribution in [3.05, 3.63) is 30.9 Å². The Morgan fingerprint density at radius 3 is 3.12 bits per heavy atom. The number of hydrogen-bond donors (Lipinski definition) is 2. The van der Waals surface area contributed by atoms with Crippen LogP contribution in [0.25, 0.3) is 10.9 Å². The summed E-state index contributed by atoms with van der Waals surface area (Å²) in [5, 5.41) is 10.3. The molecule has 0 fully saturated rings. The number of H-pyrrole nitrogens is 1. The molecule has 0 saturated carbocycles. The van der Waals surface area contributed by atoms with Crippen LogP contribution in [-0.2, 0) is 4.79 Å². The Morgan fingerprint density at radius 1 is 1.62 bits per heavy atom. The number of carbonyl (C=O) groups excluding carboxylic acids is 1. The molecule has 5 nitrogen and oxygen atoms in total. The van der Waals surface area contributed by atoms with Gasteiger partial charge in [0.05, 0.1) is 12.6 Å². The van der Waals surface area contributed by atoms with E-state index in [1.807, 2.05) is 12.1 Å². The minimum atomic E-state index is -0.288. The average Bonchev–Trinajstić information content (AvgIpc) is 2.71. The Morgan fingerprint density at radius 2 is 2.44 bits per heavy atom. The number of benzene rings is 1. The van der Waals surface area contributed by atoms with E-state index < -0.39 is 0 Å². The highest BCUT2D eigenvalue weighted by Gasteiger charge is 2.07. The second-order valence-corrected chi connectivity index (χ2v) is 3.18. The van der Waals surface area contributed by atoms with Crippen LogP contribution in [0, 0.1) is 0 Å². The third-order valence-corrected chi connectivity index (χ3v) is 2.20. The molecule has 1 aromatic heterocycles. The fourth-order valence-electron chi connectivity index (χ4n) is 1.39. The van der Waals surface area contributed by atoms with Crippen LogP contribution in [-0.4, -0.2) is 23.2 Å². The number of aromatic nitrogens is 2.